The van der Waals surface area contributed by atoms with E-state index in [0.717, 1.165) is 12.3 Å². The van der Waals surface area contributed by atoms with Crippen LogP contribution in [0.5, 0.6) is 0 Å². The average Bonchev–Trinajstić information content (AvgIpc) is 2.47. The summed E-state index contributed by atoms with van der Waals surface area (Å²) in [7, 11) is 0. The third-order valence-corrected chi connectivity index (χ3v) is 3.65. The summed E-state index contributed by atoms with van der Waals surface area (Å²) in [6.45, 7) is 0. The molecule has 2 nitrogen and oxygen atoms in total. The van der Waals surface area contributed by atoms with Gasteiger partial charge >= 0.3 is 5.97 Å². The predicted octanol–water partition coefficient (Wildman–Crippen LogP) is 2.29. The van der Waals surface area contributed by atoms with Gasteiger partial charge in [0.1, 0.15) is 0 Å². The Hall–Kier alpha value is -0.530. The highest BCUT2D eigenvalue weighted by atomic mass is 16.4. The maximum atomic E-state index is 10.9. The lowest BCUT2D eigenvalue weighted by molar-refractivity contribution is -0.143. The maximum Gasteiger partial charge on any atom is 0.306 e. The van der Waals surface area contributed by atoms with Gasteiger partial charge in [-0.05, 0) is 31.1 Å². The molecule has 68 valence electrons. The molecule has 0 heterocycles. The zero-order valence-electron chi connectivity index (χ0n) is 7.33. The van der Waals surface area contributed by atoms with Crippen LogP contribution in [0.15, 0.2) is 0 Å². The molecule has 2 aliphatic rings. The van der Waals surface area contributed by atoms with E-state index in [1.165, 1.54) is 32.1 Å². The second kappa shape index (κ2) is 3.08. The highest BCUT2D eigenvalue weighted by Gasteiger charge is 2.40. The summed E-state index contributed by atoms with van der Waals surface area (Å²) in [6, 6.07) is 0. The van der Waals surface area contributed by atoms with Gasteiger partial charge in [0.25, 0.3) is 0 Å². The molecule has 0 aromatic carbocycles. The van der Waals surface area contributed by atoms with E-state index in [0.29, 0.717) is 5.92 Å². The van der Waals surface area contributed by atoms with Gasteiger partial charge in [0.2, 0.25) is 0 Å². The fourth-order valence-corrected chi connectivity index (χ4v) is 3.04. The third-order valence-electron chi connectivity index (χ3n) is 3.65. The molecule has 0 radical (unpaired) electrons. The third kappa shape index (κ3) is 1.23. The van der Waals surface area contributed by atoms with Crippen molar-refractivity contribution >= 4 is 5.97 Å². The van der Waals surface area contributed by atoms with Crippen LogP contribution < -0.4 is 0 Å². The summed E-state index contributed by atoms with van der Waals surface area (Å²) in [5.41, 5.74) is 0. The Labute approximate surface area is 73.0 Å². The average molecular weight is 168 g/mol. The SMILES string of the molecule is O=C(O)[C@@H]1CC[C@@H]2CCCC[C@@H]21. The Bertz CT molecular complexity index is 188. The zero-order chi connectivity index (χ0) is 8.55. The normalized spacial score (nSPS) is 40.8. The van der Waals surface area contributed by atoms with Crippen LogP contribution in [-0.4, -0.2) is 11.1 Å². The van der Waals surface area contributed by atoms with Gasteiger partial charge in [-0.3, -0.25) is 4.79 Å². The molecule has 0 unspecified atom stereocenters. The van der Waals surface area contributed by atoms with E-state index in [1.54, 1.807) is 0 Å². The quantitative estimate of drug-likeness (QED) is 0.652. The van der Waals surface area contributed by atoms with E-state index in [2.05, 4.69) is 0 Å². The first-order valence-electron chi connectivity index (χ1n) is 5.02. The minimum atomic E-state index is -0.551. The molecule has 0 amide bonds. The lowest BCUT2D eigenvalue weighted by atomic mass is 9.78. The van der Waals surface area contributed by atoms with E-state index in [9.17, 15) is 4.79 Å². The van der Waals surface area contributed by atoms with Crippen LogP contribution in [0, 0.1) is 17.8 Å². The first kappa shape index (κ1) is 8.09. The molecule has 2 fully saturated rings. The number of hydrogen-bond donors (Lipinski definition) is 1. The summed E-state index contributed by atoms with van der Waals surface area (Å²) in [4.78, 5) is 10.9. The molecule has 1 N–H and O–H groups in total. The fraction of sp³-hybridized carbons (Fsp3) is 0.900. The van der Waals surface area contributed by atoms with E-state index in [1.807, 2.05) is 0 Å². The molecule has 2 aliphatic carbocycles. The Morgan fingerprint density at radius 1 is 1.08 bits per heavy atom. The molecule has 2 rings (SSSR count). The molecule has 0 aliphatic heterocycles. The summed E-state index contributed by atoms with van der Waals surface area (Å²) in [5, 5.41) is 8.95. The van der Waals surface area contributed by atoms with Crippen molar-refractivity contribution in [2.75, 3.05) is 0 Å². The number of carboxylic acid groups (broad SMARTS) is 1. The molecular formula is C10H16O2. The topological polar surface area (TPSA) is 37.3 Å². The lowest BCUT2D eigenvalue weighted by Crippen LogP contribution is -2.24. The van der Waals surface area contributed by atoms with Crippen molar-refractivity contribution in [1.82, 2.24) is 0 Å². The monoisotopic (exact) mass is 168 g/mol. The van der Waals surface area contributed by atoms with Crippen LogP contribution in [-0.2, 0) is 4.79 Å². The van der Waals surface area contributed by atoms with Crippen LogP contribution in [0.1, 0.15) is 38.5 Å². The molecule has 0 bridgehead atoms. The highest BCUT2D eigenvalue weighted by molar-refractivity contribution is 5.70. The number of hydrogen-bond acceptors (Lipinski definition) is 1. The zero-order valence-corrected chi connectivity index (χ0v) is 7.33. The van der Waals surface area contributed by atoms with Gasteiger partial charge in [-0.25, -0.2) is 0 Å². The van der Waals surface area contributed by atoms with Gasteiger partial charge in [0, 0.05) is 0 Å². The standard InChI is InChI=1S/C10H16O2/c11-10(12)9-6-5-7-3-1-2-4-8(7)9/h7-9H,1-6H2,(H,11,12)/t7-,8-,9+/m0/s1. The van der Waals surface area contributed by atoms with E-state index < -0.39 is 5.97 Å². The van der Waals surface area contributed by atoms with Crippen LogP contribution in [0.25, 0.3) is 0 Å². The van der Waals surface area contributed by atoms with Gasteiger partial charge in [0.05, 0.1) is 5.92 Å². The highest BCUT2D eigenvalue weighted by Crippen LogP contribution is 2.45. The van der Waals surface area contributed by atoms with Crippen molar-refractivity contribution in [3.8, 4) is 0 Å². The molecule has 0 aromatic rings. The number of carbonyl (C=O) groups is 1. The van der Waals surface area contributed by atoms with Crippen molar-refractivity contribution in [3.05, 3.63) is 0 Å². The Balaban J connectivity index is 2.05. The van der Waals surface area contributed by atoms with Gasteiger partial charge < -0.3 is 5.11 Å². The fourth-order valence-electron chi connectivity index (χ4n) is 3.04. The predicted molar refractivity (Wildman–Crippen MR) is 45.8 cm³/mol. The molecule has 0 aromatic heterocycles. The summed E-state index contributed by atoms with van der Waals surface area (Å²) in [6.07, 6.45) is 7.14. The van der Waals surface area contributed by atoms with E-state index in [4.69, 9.17) is 5.11 Å². The Morgan fingerprint density at radius 3 is 2.58 bits per heavy atom. The smallest absolute Gasteiger partial charge is 0.306 e. The second-order valence-corrected chi connectivity index (χ2v) is 4.23. The first-order valence-corrected chi connectivity index (χ1v) is 5.02. The van der Waals surface area contributed by atoms with Gasteiger partial charge in [-0.1, -0.05) is 19.3 Å². The molecular weight excluding hydrogens is 152 g/mol. The molecule has 2 saturated carbocycles. The minimum Gasteiger partial charge on any atom is -0.481 e. The summed E-state index contributed by atoms with van der Waals surface area (Å²) < 4.78 is 0. The maximum absolute atomic E-state index is 10.9. The Morgan fingerprint density at radius 2 is 1.83 bits per heavy atom. The minimum absolute atomic E-state index is 0.00435. The van der Waals surface area contributed by atoms with Crippen LogP contribution in [0.2, 0.25) is 0 Å². The van der Waals surface area contributed by atoms with Gasteiger partial charge in [0.15, 0.2) is 0 Å². The second-order valence-electron chi connectivity index (χ2n) is 4.23. The van der Waals surface area contributed by atoms with Crippen molar-refractivity contribution in [1.29, 1.82) is 0 Å². The van der Waals surface area contributed by atoms with Gasteiger partial charge in [-0.2, -0.15) is 0 Å². The first-order chi connectivity index (χ1) is 5.79. The van der Waals surface area contributed by atoms with Gasteiger partial charge in [-0.15, -0.1) is 0 Å². The molecule has 0 saturated heterocycles. The summed E-state index contributed by atoms with van der Waals surface area (Å²) >= 11 is 0. The summed E-state index contributed by atoms with van der Waals surface area (Å²) in [5.74, 6) is 0.718. The van der Waals surface area contributed by atoms with Crippen LogP contribution in [0.3, 0.4) is 0 Å². The van der Waals surface area contributed by atoms with Crippen molar-refractivity contribution in [2.45, 2.75) is 38.5 Å². The van der Waals surface area contributed by atoms with Crippen molar-refractivity contribution < 1.29 is 9.90 Å². The Kier molecular flexibility index (Phi) is 2.07. The van der Waals surface area contributed by atoms with E-state index in [-0.39, 0.29) is 5.92 Å². The molecule has 12 heavy (non-hydrogen) atoms. The molecule has 0 spiro atoms. The van der Waals surface area contributed by atoms with Crippen molar-refractivity contribution in [3.63, 3.8) is 0 Å². The number of carboxylic acids is 1. The largest absolute Gasteiger partial charge is 0.481 e. The number of fused-ring (bicyclic) bond motifs is 1. The lowest BCUT2D eigenvalue weighted by Gasteiger charge is -2.27. The van der Waals surface area contributed by atoms with E-state index >= 15 is 0 Å². The number of rotatable bonds is 1. The van der Waals surface area contributed by atoms with Crippen LogP contribution in [0.4, 0.5) is 0 Å². The number of aliphatic carboxylic acids is 1. The molecule has 3 atom stereocenters. The van der Waals surface area contributed by atoms with Crippen LogP contribution >= 0.6 is 0 Å². The van der Waals surface area contributed by atoms with Crippen molar-refractivity contribution in [2.24, 2.45) is 17.8 Å². The molecule has 2 heteroatoms.